The molecule has 0 atom stereocenters. The van der Waals surface area contributed by atoms with Gasteiger partial charge in [0.2, 0.25) is 0 Å². The molecule has 1 heterocycles. The molecule has 0 radical (unpaired) electrons. The molecule has 0 amide bonds. The summed E-state index contributed by atoms with van der Waals surface area (Å²) >= 11 is 0. The van der Waals surface area contributed by atoms with E-state index in [0.29, 0.717) is 3.71 Å². The van der Waals surface area contributed by atoms with E-state index in [0.717, 1.165) is 6.07 Å². The molecular weight excluding hydrogens is 426 g/mol. The van der Waals surface area contributed by atoms with Gasteiger partial charge in [0.05, 0.1) is 21.5 Å². The summed E-state index contributed by atoms with van der Waals surface area (Å²) in [7, 11) is -9.21. The van der Waals surface area contributed by atoms with Crippen LogP contribution in [0.2, 0.25) is 0 Å². The van der Waals surface area contributed by atoms with Crippen molar-refractivity contribution in [1.29, 1.82) is 0 Å². The Bertz CT molecular complexity index is 1410. The summed E-state index contributed by atoms with van der Waals surface area (Å²) in [6, 6.07) is 21.3. The quantitative estimate of drug-likeness (QED) is 0.440. The number of para-hydroxylation sites is 1. The molecule has 0 N–H and O–H groups in total. The van der Waals surface area contributed by atoms with Crippen molar-refractivity contribution in [1.82, 2.24) is 0 Å². The van der Waals surface area contributed by atoms with Gasteiger partial charge in [-0.25, -0.2) is 21.6 Å². The maximum Gasteiger partial charge on any atom is 0.338 e. The number of sulfonamides is 2. The number of hydrogen-bond acceptors (Lipinski definition) is 6. The van der Waals surface area contributed by atoms with Crippen molar-refractivity contribution in [2.45, 2.75) is 9.79 Å². The van der Waals surface area contributed by atoms with E-state index in [1.807, 2.05) is 0 Å². The molecule has 0 saturated heterocycles. The monoisotopic (exact) mass is 441 g/mol. The third-order valence-electron chi connectivity index (χ3n) is 4.34. The van der Waals surface area contributed by atoms with Gasteiger partial charge in [0, 0.05) is 5.39 Å². The van der Waals surface area contributed by atoms with Gasteiger partial charge in [0.15, 0.2) is 0 Å². The summed E-state index contributed by atoms with van der Waals surface area (Å²) in [5, 5.41) is 0.163. The van der Waals surface area contributed by atoms with Crippen molar-refractivity contribution < 1.29 is 21.3 Å². The second-order valence-electron chi connectivity index (χ2n) is 6.28. The highest BCUT2D eigenvalue weighted by Crippen LogP contribution is 2.34. The van der Waals surface area contributed by atoms with E-state index >= 15 is 0 Å². The van der Waals surface area contributed by atoms with Crippen LogP contribution in [0.25, 0.3) is 11.0 Å². The first-order valence-electron chi connectivity index (χ1n) is 8.75. The second-order valence-corrected chi connectivity index (χ2v) is 10.1. The highest BCUT2D eigenvalue weighted by molar-refractivity contribution is 8.10. The molecule has 152 valence electrons. The molecule has 4 rings (SSSR count). The lowest BCUT2D eigenvalue weighted by atomic mass is 10.2. The highest BCUT2D eigenvalue weighted by Gasteiger charge is 2.38. The molecule has 0 aliphatic carbocycles. The minimum atomic E-state index is -4.60. The van der Waals surface area contributed by atoms with Gasteiger partial charge in [-0.05, 0) is 36.4 Å². The Morgan fingerprint density at radius 3 is 1.63 bits per heavy atom. The van der Waals surface area contributed by atoms with Gasteiger partial charge in [-0.1, -0.05) is 48.5 Å². The lowest BCUT2D eigenvalue weighted by Gasteiger charge is -2.24. The fourth-order valence-electron chi connectivity index (χ4n) is 3.01. The van der Waals surface area contributed by atoms with Crippen LogP contribution in [0.3, 0.4) is 0 Å². The third kappa shape index (κ3) is 3.38. The smallest absolute Gasteiger partial charge is 0.338 e. The highest BCUT2D eigenvalue weighted by atomic mass is 32.3. The van der Waals surface area contributed by atoms with Crippen LogP contribution >= 0.6 is 0 Å². The van der Waals surface area contributed by atoms with Crippen LogP contribution in [0.15, 0.2) is 110 Å². The van der Waals surface area contributed by atoms with Crippen molar-refractivity contribution in [3.63, 3.8) is 0 Å². The molecule has 0 aliphatic heterocycles. The van der Waals surface area contributed by atoms with Crippen molar-refractivity contribution in [3.05, 3.63) is 101 Å². The molecule has 4 aromatic rings. The minimum Gasteiger partial charge on any atom is -0.423 e. The van der Waals surface area contributed by atoms with Crippen molar-refractivity contribution >= 4 is 36.7 Å². The predicted octanol–water partition coefficient (Wildman–Crippen LogP) is 3.38. The van der Waals surface area contributed by atoms with E-state index in [4.69, 9.17) is 4.42 Å². The number of benzene rings is 3. The van der Waals surface area contributed by atoms with Crippen LogP contribution < -0.4 is 9.34 Å². The zero-order valence-electron chi connectivity index (χ0n) is 15.4. The first-order chi connectivity index (χ1) is 14.3. The Morgan fingerprint density at radius 1 is 0.633 bits per heavy atom. The summed E-state index contributed by atoms with van der Waals surface area (Å²) in [6.45, 7) is 0. The molecule has 1 aromatic heterocycles. The standard InChI is InChI=1S/C21H15NO6S2/c23-21-15-19(18-13-7-8-14-20(18)28-21)22(29(24,25)16-9-3-1-4-10-16)30(26,27)17-11-5-2-6-12-17/h1-15H. The normalized spacial score (nSPS) is 12.0. The van der Waals surface area contributed by atoms with E-state index in [9.17, 15) is 21.6 Å². The molecule has 0 unspecified atom stereocenters. The average Bonchev–Trinajstić information content (AvgIpc) is 2.74. The van der Waals surface area contributed by atoms with E-state index in [-0.39, 0.29) is 26.4 Å². The van der Waals surface area contributed by atoms with Crippen LogP contribution in [-0.4, -0.2) is 16.8 Å². The average molecular weight is 441 g/mol. The maximum absolute atomic E-state index is 13.5. The summed E-state index contributed by atoms with van der Waals surface area (Å²) in [6.07, 6.45) is 0. The number of hydrogen-bond donors (Lipinski definition) is 0. The molecule has 3 aromatic carbocycles. The van der Waals surface area contributed by atoms with Crippen LogP contribution in [0.5, 0.6) is 0 Å². The van der Waals surface area contributed by atoms with Gasteiger partial charge in [-0.2, -0.15) is 3.71 Å². The van der Waals surface area contributed by atoms with Crippen molar-refractivity contribution in [2.24, 2.45) is 0 Å². The van der Waals surface area contributed by atoms with E-state index in [1.165, 1.54) is 60.7 Å². The number of anilines is 1. The number of fused-ring (bicyclic) bond motifs is 1. The predicted molar refractivity (Wildman–Crippen MR) is 112 cm³/mol. The summed E-state index contributed by atoms with van der Waals surface area (Å²) in [4.78, 5) is 11.7. The topological polar surface area (TPSA) is 102 Å². The fraction of sp³-hybridized carbons (Fsp3) is 0. The Morgan fingerprint density at radius 2 is 1.10 bits per heavy atom. The van der Waals surface area contributed by atoms with Gasteiger partial charge in [-0.3, -0.25) is 0 Å². The fourth-order valence-corrected chi connectivity index (χ4v) is 6.77. The van der Waals surface area contributed by atoms with Gasteiger partial charge >= 0.3 is 5.63 Å². The van der Waals surface area contributed by atoms with Gasteiger partial charge < -0.3 is 4.42 Å². The first-order valence-corrected chi connectivity index (χ1v) is 11.6. The van der Waals surface area contributed by atoms with Gasteiger partial charge in [0.1, 0.15) is 5.58 Å². The Hall–Kier alpha value is -3.43. The summed E-state index contributed by atoms with van der Waals surface area (Å²) < 4.78 is 59.5. The Balaban J connectivity index is 2.10. The zero-order valence-corrected chi connectivity index (χ0v) is 17.0. The molecule has 0 aliphatic rings. The lowest BCUT2D eigenvalue weighted by Crippen LogP contribution is -2.37. The van der Waals surface area contributed by atoms with Gasteiger partial charge in [0.25, 0.3) is 20.0 Å². The summed E-state index contributed by atoms with van der Waals surface area (Å²) in [5.41, 5.74) is -1.12. The van der Waals surface area contributed by atoms with Crippen molar-refractivity contribution in [3.8, 4) is 0 Å². The van der Waals surface area contributed by atoms with E-state index < -0.39 is 25.7 Å². The Labute approximate surface area is 172 Å². The van der Waals surface area contributed by atoms with E-state index in [1.54, 1.807) is 24.3 Å². The SMILES string of the molecule is O=c1cc(N(S(=O)(=O)c2ccccc2)S(=O)(=O)c2ccccc2)c2ccccc2o1. The van der Waals surface area contributed by atoms with E-state index in [2.05, 4.69) is 0 Å². The third-order valence-corrected chi connectivity index (χ3v) is 8.52. The largest absolute Gasteiger partial charge is 0.423 e. The lowest BCUT2D eigenvalue weighted by molar-refractivity contribution is 0.561. The molecule has 0 saturated carbocycles. The number of rotatable bonds is 5. The van der Waals surface area contributed by atoms with Crippen LogP contribution in [0.1, 0.15) is 0 Å². The molecular formula is C21H15NO6S2. The molecule has 0 spiro atoms. The number of nitrogens with zero attached hydrogens (tertiary/aromatic N) is 1. The van der Waals surface area contributed by atoms with Crippen LogP contribution in [0.4, 0.5) is 5.69 Å². The van der Waals surface area contributed by atoms with Crippen molar-refractivity contribution in [2.75, 3.05) is 3.71 Å². The zero-order chi connectivity index (χ0) is 21.4. The maximum atomic E-state index is 13.5. The molecule has 9 heteroatoms. The molecule has 30 heavy (non-hydrogen) atoms. The van der Waals surface area contributed by atoms with Gasteiger partial charge in [-0.15, -0.1) is 0 Å². The molecule has 7 nitrogen and oxygen atoms in total. The summed E-state index contributed by atoms with van der Waals surface area (Å²) in [5.74, 6) is 0. The molecule has 0 bridgehead atoms. The Kier molecular flexibility index (Phi) is 4.92. The van der Waals surface area contributed by atoms with Crippen LogP contribution in [-0.2, 0) is 20.0 Å². The minimum absolute atomic E-state index is 0.0662. The molecule has 0 fully saturated rings. The first kappa shape index (κ1) is 19.9. The van der Waals surface area contributed by atoms with Crippen LogP contribution in [0, 0.1) is 0 Å². The second kappa shape index (κ2) is 7.43.